The number of amides is 1. The van der Waals surface area contributed by atoms with E-state index in [1.54, 1.807) is 12.1 Å². The molecule has 0 heterocycles. The van der Waals surface area contributed by atoms with E-state index in [2.05, 4.69) is 19.2 Å². The number of carbonyl (C=O) groups is 1. The van der Waals surface area contributed by atoms with Crippen molar-refractivity contribution < 1.29 is 9.53 Å². The number of hydrogen-bond donors (Lipinski definition) is 1. The van der Waals surface area contributed by atoms with E-state index in [4.69, 9.17) is 16.3 Å². The Labute approximate surface area is 132 Å². The highest BCUT2D eigenvalue weighted by Crippen LogP contribution is 2.29. The van der Waals surface area contributed by atoms with Gasteiger partial charge in [-0.05, 0) is 48.9 Å². The lowest BCUT2D eigenvalue weighted by molar-refractivity contribution is -0.124. The largest absolute Gasteiger partial charge is 0.484 e. The van der Waals surface area contributed by atoms with Crippen LogP contribution in [0, 0.1) is 18.8 Å². The second-order valence-corrected chi connectivity index (χ2v) is 6.55. The minimum Gasteiger partial charge on any atom is -0.484 e. The van der Waals surface area contributed by atoms with Crippen LogP contribution in [0.5, 0.6) is 5.75 Å². The minimum atomic E-state index is -0.0476. The summed E-state index contributed by atoms with van der Waals surface area (Å²) < 4.78 is 5.54. The number of aryl methyl sites for hydroxylation is 1. The lowest BCUT2D eigenvalue weighted by Crippen LogP contribution is -2.45. The van der Waals surface area contributed by atoms with Gasteiger partial charge in [0.15, 0.2) is 6.61 Å². The first kappa shape index (κ1) is 16.2. The van der Waals surface area contributed by atoms with E-state index in [-0.39, 0.29) is 18.6 Å². The molecule has 0 aromatic heterocycles. The van der Waals surface area contributed by atoms with Crippen LogP contribution >= 0.6 is 11.6 Å². The molecule has 1 aliphatic rings. The SMILES string of the molecule is Cc1cc(OCC(=O)N[C@@H]2CCC[C@@H](C)[C@@H]2C)ccc1Cl. The Morgan fingerprint density at radius 3 is 2.86 bits per heavy atom. The summed E-state index contributed by atoms with van der Waals surface area (Å²) in [7, 11) is 0. The highest BCUT2D eigenvalue weighted by molar-refractivity contribution is 6.31. The van der Waals surface area contributed by atoms with Gasteiger partial charge in [-0.15, -0.1) is 0 Å². The smallest absolute Gasteiger partial charge is 0.258 e. The first-order valence-corrected chi connectivity index (χ1v) is 8.03. The van der Waals surface area contributed by atoms with Crippen LogP contribution in [-0.2, 0) is 4.79 Å². The zero-order valence-corrected chi connectivity index (χ0v) is 13.7. The van der Waals surface area contributed by atoms with Crippen LogP contribution in [0.2, 0.25) is 5.02 Å². The molecule has 2 rings (SSSR count). The van der Waals surface area contributed by atoms with Crippen LogP contribution in [-0.4, -0.2) is 18.6 Å². The number of benzene rings is 1. The van der Waals surface area contributed by atoms with Gasteiger partial charge in [-0.2, -0.15) is 0 Å². The van der Waals surface area contributed by atoms with Gasteiger partial charge in [0.2, 0.25) is 0 Å². The van der Waals surface area contributed by atoms with Gasteiger partial charge in [-0.1, -0.05) is 38.3 Å². The summed E-state index contributed by atoms with van der Waals surface area (Å²) in [5.41, 5.74) is 0.948. The van der Waals surface area contributed by atoms with Crippen LogP contribution in [0.3, 0.4) is 0 Å². The van der Waals surface area contributed by atoms with Crippen molar-refractivity contribution in [3.63, 3.8) is 0 Å². The predicted octanol–water partition coefficient (Wildman–Crippen LogP) is 3.97. The summed E-state index contributed by atoms with van der Waals surface area (Å²) >= 11 is 5.97. The van der Waals surface area contributed by atoms with Gasteiger partial charge in [0.1, 0.15) is 5.75 Å². The summed E-state index contributed by atoms with van der Waals surface area (Å²) in [5.74, 6) is 1.83. The lowest BCUT2D eigenvalue weighted by Gasteiger charge is -2.34. The van der Waals surface area contributed by atoms with Crippen LogP contribution in [0.1, 0.15) is 38.7 Å². The molecule has 21 heavy (non-hydrogen) atoms. The first-order valence-electron chi connectivity index (χ1n) is 7.65. The summed E-state index contributed by atoms with van der Waals surface area (Å²) in [6.45, 7) is 6.45. The number of carbonyl (C=O) groups excluding carboxylic acids is 1. The lowest BCUT2D eigenvalue weighted by atomic mass is 9.78. The molecule has 1 saturated carbocycles. The van der Waals surface area contributed by atoms with Gasteiger partial charge < -0.3 is 10.1 Å². The Kier molecular flexibility index (Phi) is 5.51. The Morgan fingerprint density at radius 1 is 1.38 bits per heavy atom. The Bertz CT molecular complexity index is 504. The standard InChI is InChI=1S/C17H24ClNO2/c1-11-5-4-6-16(13(11)3)19-17(20)10-21-14-7-8-15(18)12(2)9-14/h7-9,11,13,16H,4-6,10H2,1-3H3,(H,19,20)/t11-,13+,16-/m1/s1. The molecule has 1 N–H and O–H groups in total. The maximum absolute atomic E-state index is 12.0. The first-order chi connectivity index (χ1) is 9.97. The van der Waals surface area contributed by atoms with Gasteiger partial charge in [-0.25, -0.2) is 0 Å². The fourth-order valence-electron chi connectivity index (χ4n) is 2.89. The van der Waals surface area contributed by atoms with Crippen molar-refractivity contribution in [3.05, 3.63) is 28.8 Å². The van der Waals surface area contributed by atoms with E-state index in [1.807, 2.05) is 13.0 Å². The molecule has 0 unspecified atom stereocenters. The molecule has 1 aromatic carbocycles. The zero-order valence-electron chi connectivity index (χ0n) is 13.0. The van der Waals surface area contributed by atoms with E-state index in [1.165, 1.54) is 12.8 Å². The van der Waals surface area contributed by atoms with Crippen molar-refractivity contribution in [1.29, 1.82) is 0 Å². The van der Waals surface area contributed by atoms with E-state index >= 15 is 0 Å². The molecule has 0 spiro atoms. The highest BCUT2D eigenvalue weighted by atomic mass is 35.5. The maximum Gasteiger partial charge on any atom is 0.258 e. The quantitative estimate of drug-likeness (QED) is 0.914. The molecule has 3 nitrogen and oxygen atoms in total. The molecule has 3 atom stereocenters. The molecule has 1 amide bonds. The summed E-state index contributed by atoms with van der Waals surface area (Å²) in [4.78, 5) is 12.0. The molecular formula is C17H24ClNO2. The molecule has 1 fully saturated rings. The molecule has 1 aliphatic carbocycles. The monoisotopic (exact) mass is 309 g/mol. The van der Waals surface area contributed by atoms with Gasteiger partial charge >= 0.3 is 0 Å². The number of halogens is 1. The molecule has 0 radical (unpaired) electrons. The van der Waals surface area contributed by atoms with Crippen molar-refractivity contribution in [1.82, 2.24) is 5.32 Å². The van der Waals surface area contributed by atoms with Crippen molar-refractivity contribution in [2.45, 2.75) is 46.1 Å². The summed E-state index contributed by atoms with van der Waals surface area (Å²) in [5, 5.41) is 3.81. The topological polar surface area (TPSA) is 38.3 Å². The molecule has 0 aliphatic heterocycles. The third kappa shape index (κ3) is 4.37. The van der Waals surface area contributed by atoms with E-state index in [9.17, 15) is 4.79 Å². The average Bonchev–Trinajstić information content (AvgIpc) is 2.45. The molecule has 0 saturated heterocycles. The number of ether oxygens (including phenoxy) is 1. The van der Waals surface area contributed by atoms with Gasteiger partial charge in [0, 0.05) is 11.1 Å². The van der Waals surface area contributed by atoms with Crippen molar-refractivity contribution in [2.24, 2.45) is 11.8 Å². The number of hydrogen-bond acceptors (Lipinski definition) is 2. The highest BCUT2D eigenvalue weighted by Gasteiger charge is 2.28. The van der Waals surface area contributed by atoms with E-state index in [0.29, 0.717) is 22.6 Å². The molecule has 116 valence electrons. The molecule has 1 aromatic rings. The van der Waals surface area contributed by atoms with Gasteiger partial charge in [0.25, 0.3) is 5.91 Å². The minimum absolute atomic E-state index is 0.0476. The number of rotatable bonds is 4. The molecule has 4 heteroatoms. The van der Waals surface area contributed by atoms with Crippen molar-refractivity contribution in [2.75, 3.05) is 6.61 Å². The van der Waals surface area contributed by atoms with E-state index < -0.39 is 0 Å². The fraction of sp³-hybridized carbons (Fsp3) is 0.588. The zero-order chi connectivity index (χ0) is 15.4. The fourth-order valence-corrected chi connectivity index (χ4v) is 3.01. The second kappa shape index (κ2) is 7.17. The maximum atomic E-state index is 12.0. The van der Waals surface area contributed by atoms with Crippen LogP contribution in [0.25, 0.3) is 0 Å². The molecule has 0 bridgehead atoms. The van der Waals surface area contributed by atoms with Gasteiger partial charge in [-0.3, -0.25) is 4.79 Å². The summed E-state index contributed by atoms with van der Waals surface area (Å²) in [6.07, 6.45) is 3.51. The normalized spacial score (nSPS) is 25.4. The van der Waals surface area contributed by atoms with Crippen molar-refractivity contribution >= 4 is 17.5 Å². The Morgan fingerprint density at radius 2 is 2.14 bits per heavy atom. The Balaban J connectivity index is 1.83. The third-order valence-corrected chi connectivity index (χ3v) is 4.98. The third-order valence-electron chi connectivity index (χ3n) is 4.55. The predicted molar refractivity (Wildman–Crippen MR) is 85.8 cm³/mol. The van der Waals surface area contributed by atoms with Crippen LogP contribution in [0.15, 0.2) is 18.2 Å². The van der Waals surface area contributed by atoms with Crippen LogP contribution in [0.4, 0.5) is 0 Å². The van der Waals surface area contributed by atoms with Crippen LogP contribution < -0.4 is 10.1 Å². The Hall–Kier alpha value is -1.22. The average molecular weight is 310 g/mol. The molecular weight excluding hydrogens is 286 g/mol. The van der Waals surface area contributed by atoms with Gasteiger partial charge in [0.05, 0.1) is 0 Å². The summed E-state index contributed by atoms with van der Waals surface area (Å²) in [6, 6.07) is 5.70. The number of nitrogens with one attached hydrogen (secondary N) is 1. The second-order valence-electron chi connectivity index (χ2n) is 6.14. The van der Waals surface area contributed by atoms with E-state index in [0.717, 1.165) is 12.0 Å². The van der Waals surface area contributed by atoms with Crippen molar-refractivity contribution in [3.8, 4) is 5.75 Å².